The molecule has 1 atom stereocenters. The van der Waals surface area contributed by atoms with Gasteiger partial charge in [-0.1, -0.05) is 36.3 Å². The molecule has 0 bridgehead atoms. The van der Waals surface area contributed by atoms with E-state index in [1.54, 1.807) is 6.92 Å². The smallest absolute Gasteiger partial charge is 0.384 e. The van der Waals surface area contributed by atoms with Crippen LogP contribution in [0.4, 0.5) is 0 Å². The van der Waals surface area contributed by atoms with Crippen molar-refractivity contribution in [2.75, 3.05) is 13.2 Å². The lowest BCUT2D eigenvalue weighted by molar-refractivity contribution is -0.136. The van der Waals surface area contributed by atoms with Crippen molar-refractivity contribution in [1.29, 1.82) is 0 Å². The molecule has 0 fully saturated rings. The van der Waals surface area contributed by atoms with Gasteiger partial charge in [0.15, 0.2) is 0 Å². The molecule has 1 aromatic rings. The summed E-state index contributed by atoms with van der Waals surface area (Å²) < 4.78 is 9.99. The summed E-state index contributed by atoms with van der Waals surface area (Å²) in [5.74, 6) is 4.29. The first kappa shape index (κ1) is 15.2. The normalized spacial score (nSPS) is 11.3. The molecule has 0 aromatic heterocycles. The maximum atomic E-state index is 10.9. The molecule has 0 saturated heterocycles. The number of hydrogen-bond donors (Lipinski definition) is 1. The summed E-state index contributed by atoms with van der Waals surface area (Å²) in [6.45, 7) is 2.65. The summed E-state index contributed by atoms with van der Waals surface area (Å²) in [6, 6.07) is 9.70. The maximum Gasteiger partial charge on any atom is 0.384 e. The zero-order chi connectivity index (χ0) is 13.9. The molecule has 0 heterocycles. The van der Waals surface area contributed by atoms with Gasteiger partial charge in [0.1, 0.15) is 0 Å². The summed E-state index contributed by atoms with van der Waals surface area (Å²) in [5, 5.41) is 9.59. The van der Waals surface area contributed by atoms with Crippen LogP contribution in [0.2, 0.25) is 0 Å². The molecular weight excluding hydrogens is 244 g/mol. The van der Waals surface area contributed by atoms with E-state index in [4.69, 9.17) is 4.74 Å². The van der Waals surface area contributed by atoms with Gasteiger partial charge in [0.2, 0.25) is 0 Å². The Bertz CT molecular complexity index is 430. The third-order valence-electron chi connectivity index (χ3n) is 2.23. The standard InChI is InChI=1S/C15H18O4/c1-2-19-15(17)10-6-9-14(16)12-18-11-13-7-4-3-5-8-13/h3-5,7-8,14,16H,2,9,11-12H2,1H3/t14-/m1/s1. The van der Waals surface area contributed by atoms with Crippen LogP contribution < -0.4 is 0 Å². The van der Waals surface area contributed by atoms with Gasteiger partial charge in [0.25, 0.3) is 0 Å². The van der Waals surface area contributed by atoms with Gasteiger partial charge in [0, 0.05) is 12.3 Å². The number of aliphatic hydroxyl groups excluding tert-OH is 1. The third kappa shape index (κ3) is 7.24. The van der Waals surface area contributed by atoms with Crippen molar-refractivity contribution in [1.82, 2.24) is 0 Å². The largest absolute Gasteiger partial charge is 0.456 e. The van der Waals surface area contributed by atoms with Crippen LogP contribution in [0.15, 0.2) is 30.3 Å². The van der Waals surface area contributed by atoms with Crippen LogP contribution in [0, 0.1) is 11.8 Å². The number of aliphatic hydroxyl groups is 1. The lowest BCUT2D eigenvalue weighted by Crippen LogP contribution is -2.14. The Labute approximate surface area is 113 Å². The van der Waals surface area contributed by atoms with Crippen LogP contribution in [0.1, 0.15) is 18.9 Å². The Balaban J connectivity index is 2.18. The van der Waals surface area contributed by atoms with Gasteiger partial charge in [-0.05, 0) is 12.5 Å². The van der Waals surface area contributed by atoms with Crippen LogP contribution in [0.5, 0.6) is 0 Å². The zero-order valence-electron chi connectivity index (χ0n) is 11.0. The number of carbonyl (C=O) groups is 1. The molecule has 0 aliphatic heterocycles. The van der Waals surface area contributed by atoms with Crippen molar-refractivity contribution in [3.05, 3.63) is 35.9 Å². The van der Waals surface area contributed by atoms with Gasteiger partial charge in [-0.25, -0.2) is 4.79 Å². The highest BCUT2D eigenvalue weighted by Crippen LogP contribution is 2.01. The molecule has 0 amide bonds. The second-order valence-corrected chi connectivity index (χ2v) is 3.88. The Morgan fingerprint density at radius 2 is 2.11 bits per heavy atom. The minimum atomic E-state index is -0.703. The number of ether oxygens (including phenoxy) is 2. The first-order valence-corrected chi connectivity index (χ1v) is 6.17. The number of carbonyl (C=O) groups excluding carboxylic acids is 1. The van der Waals surface area contributed by atoms with Gasteiger partial charge in [-0.15, -0.1) is 0 Å². The predicted molar refractivity (Wildman–Crippen MR) is 71.1 cm³/mol. The maximum absolute atomic E-state index is 10.9. The SMILES string of the molecule is CCOC(=O)C#CC[C@@H](O)COCc1ccccc1. The van der Waals surface area contributed by atoms with E-state index in [1.165, 1.54) is 0 Å². The molecule has 0 spiro atoms. The van der Waals surface area contributed by atoms with Gasteiger partial charge in [-0.3, -0.25) is 0 Å². The molecule has 0 aliphatic rings. The summed E-state index contributed by atoms with van der Waals surface area (Å²) >= 11 is 0. The summed E-state index contributed by atoms with van der Waals surface area (Å²) in [7, 11) is 0. The lowest BCUT2D eigenvalue weighted by Gasteiger charge is -2.08. The summed E-state index contributed by atoms with van der Waals surface area (Å²) in [6.07, 6.45) is -0.515. The van der Waals surface area contributed by atoms with Crippen molar-refractivity contribution in [2.24, 2.45) is 0 Å². The predicted octanol–water partition coefficient (Wildman–Crippen LogP) is 1.52. The van der Waals surface area contributed by atoms with E-state index < -0.39 is 12.1 Å². The number of rotatable bonds is 6. The molecule has 1 rings (SSSR count). The second-order valence-electron chi connectivity index (χ2n) is 3.88. The van der Waals surface area contributed by atoms with Crippen LogP contribution in [0.25, 0.3) is 0 Å². The van der Waals surface area contributed by atoms with Gasteiger partial charge in [0.05, 0.1) is 25.9 Å². The fraction of sp³-hybridized carbons (Fsp3) is 0.400. The molecule has 0 radical (unpaired) electrons. The molecule has 1 N–H and O–H groups in total. The average molecular weight is 262 g/mol. The highest BCUT2D eigenvalue weighted by atomic mass is 16.5. The van der Waals surface area contributed by atoms with E-state index in [0.717, 1.165) is 5.56 Å². The lowest BCUT2D eigenvalue weighted by atomic mass is 10.2. The van der Waals surface area contributed by atoms with Crippen molar-refractivity contribution in [3.8, 4) is 11.8 Å². The molecule has 4 heteroatoms. The fourth-order valence-electron chi connectivity index (χ4n) is 1.35. The third-order valence-corrected chi connectivity index (χ3v) is 2.23. The first-order valence-electron chi connectivity index (χ1n) is 6.17. The van der Waals surface area contributed by atoms with Crippen molar-refractivity contribution >= 4 is 5.97 Å². The van der Waals surface area contributed by atoms with E-state index in [0.29, 0.717) is 13.2 Å². The van der Waals surface area contributed by atoms with Crippen molar-refractivity contribution in [3.63, 3.8) is 0 Å². The van der Waals surface area contributed by atoms with Crippen LogP contribution in [-0.4, -0.2) is 30.4 Å². The van der Waals surface area contributed by atoms with E-state index >= 15 is 0 Å². The molecule has 19 heavy (non-hydrogen) atoms. The zero-order valence-corrected chi connectivity index (χ0v) is 11.0. The van der Waals surface area contributed by atoms with Crippen LogP contribution in [-0.2, 0) is 20.9 Å². The van der Waals surface area contributed by atoms with Gasteiger partial charge < -0.3 is 14.6 Å². The van der Waals surface area contributed by atoms with E-state index in [9.17, 15) is 9.90 Å². The number of esters is 1. The minimum Gasteiger partial charge on any atom is -0.456 e. The van der Waals surface area contributed by atoms with Crippen molar-refractivity contribution < 1.29 is 19.4 Å². The van der Waals surface area contributed by atoms with Gasteiger partial charge in [-0.2, -0.15) is 0 Å². The highest BCUT2D eigenvalue weighted by Gasteiger charge is 2.02. The van der Waals surface area contributed by atoms with Crippen LogP contribution in [0.3, 0.4) is 0 Å². The summed E-state index contributed by atoms with van der Waals surface area (Å²) in [4.78, 5) is 10.9. The van der Waals surface area contributed by atoms with E-state index in [1.807, 2.05) is 30.3 Å². The van der Waals surface area contributed by atoms with Crippen molar-refractivity contribution in [2.45, 2.75) is 26.1 Å². The van der Waals surface area contributed by atoms with Gasteiger partial charge >= 0.3 is 5.97 Å². The molecular formula is C15H18O4. The van der Waals surface area contributed by atoms with E-state index in [-0.39, 0.29) is 13.0 Å². The van der Waals surface area contributed by atoms with Crippen LogP contribution >= 0.6 is 0 Å². The quantitative estimate of drug-likeness (QED) is 0.480. The monoisotopic (exact) mass is 262 g/mol. The summed E-state index contributed by atoms with van der Waals surface area (Å²) in [5.41, 5.74) is 1.05. The Hall–Kier alpha value is -1.83. The molecule has 0 aliphatic carbocycles. The minimum absolute atomic E-state index is 0.187. The number of hydrogen-bond acceptors (Lipinski definition) is 4. The Morgan fingerprint density at radius 3 is 2.79 bits per heavy atom. The fourth-order valence-corrected chi connectivity index (χ4v) is 1.35. The molecule has 1 aromatic carbocycles. The highest BCUT2D eigenvalue weighted by molar-refractivity contribution is 5.88. The molecule has 4 nitrogen and oxygen atoms in total. The molecule has 102 valence electrons. The second kappa shape index (κ2) is 9.15. The Kier molecular flexibility index (Phi) is 7.33. The Morgan fingerprint density at radius 1 is 1.37 bits per heavy atom. The molecule has 0 saturated carbocycles. The van der Waals surface area contributed by atoms with E-state index in [2.05, 4.69) is 16.6 Å². The number of benzene rings is 1. The molecule has 0 unspecified atom stereocenters. The average Bonchev–Trinajstić information content (AvgIpc) is 2.40. The topological polar surface area (TPSA) is 55.8 Å². The first-order chi connectivity index (χ1) is 9.22.